The van der Waals surface area contributed by atoms with Crippen LogP contribution in [0.1, 0.15) is 49.4 Å². The van der Waals surface area contributed by atoms with Gasteiger partial charge in [-0.2, -0.15) is 4.98 Å². The quantitative estimate of drug-likeness (QED) is 0.504. The van der Waals surface area contributed by atoms with Crippen LogP contribution in [-0.2, 0) is 21.4 Å². The fraction of sp³-hybridized carbons (Fsp3) is 0.375. The van der Waals surface area contributed by atoms with Crippen molar-refractivity contribution >= 4 is 27.3 Å². The molecule has 0 saturated heterocycles. The average molecular weight is 483 g/mol. The number of aryl methyl sites for hydroxylation is 1. The Kier molecular flexibility index (Phi) is 5.76. The number of anilines is 2. The number of fused-ring (bicyclic) bond motifs is 1. The van der Waals surface area contributed by atoms with Crippen molar-refractivity contribution in [3.05, 3.63) is 59.7 Å². The van der Waals surface area contributed by atoms with E-state index in [1.807, 2.05) is 6.07 Å². The molecule has 3 aromatic rings. The molecule has 0 N–H and O–H groups in total. The second kappa shape index (κ2) is 8.75. The van der Waals surface area contributed by atoms with Gasteiger partial charge in [0.15, 0.2) is 12.4 Å². The zero-order valence-electron chi connectivity index (χ0n) is 19.1. The second-order valence-corrected chi connectivity index (χ2v) is 10.4. The first-order valence-electron chi connectivity index (χ1n) is 11.4. The summed E-state index contributed by atoms with van der Waals surface area (Å²) < 4.78 is 39.5. The normalized spacial score (nSPS) is 16.1. The van der Waals surface area contributed by atoms with Crippen LogP contribution in [0.3, 0.4) is 0 Å². The molecule has 0 atom stereocenters. The topological polar surface area (TPSA) is 106 Å². The number of sulfonamides is 1. The zero-order valence-corrected chi connectivity index (χ0v) is 19.9. The van der Waals surface area contributed by atoms with Gasteiger partial charge in [-0.25, -0.2) is 8.42 Å². The summed E-state index contributed by atoms with van der Waals surface area (Å²) in [6.07, 6.45) is 3.23. The first-order chi connectivity index (χ1) is 16.4. The molecule has 1 saturated carbocycles. The van der Waals surface area contributed by atoms with E-state index in [1.54, 1.807) is 44.2 Å². The number of ether oxygens (including phenoxy) is 1. The minimum absolute atomic E-state index is 0.127. The molecule has 178 valence electrons. The molecule has 5 rings (SSSR count). The van der Waals surface area contributed by atoms with Crippen molar-refractivity contribution in [2.45, 2.75) is 50.5 Å². The molecule has 2 aliphatic rings. The Morgan fingerprint density at radius 3 is 2.62 bits per heavy atom. The van der Waals surface area contributed by atoms with Crippen LogP contribution in [0.5, 0.6) is 5.75 Å². The largest absolute Gasteiger partial charge is 0.482 e. The average Bonchev–Trinajstić information content (AvgIpc) is 3.23. The molecule has 2 aromatic carbocycles. The molecule has 1 fully saturated rings. The van der Waals surface area contributed by atoms with Gasteiger partial charge in [-0.1, -0.05) is 29.8 Å². The summed E-state index contributed by atoms with van der Waals surface area (Å²) in [5, 5.41) is 4.04. The van der Waals surface area contributed by atoms with Crippen molar-refractivity contribution < 1.29 is 22.5 Å². The lowest BCUT2D eigenvalue weighted by atomic mass is 9.85. The minimum Gasteiger partial charge on any atom is -0.482 e. The predicted molar refractivity (Wildman–Crippen MR) is 125 cm³/mol. The van der Waals surface area contributed by atoms with Gasteiger partial charge in [0.2, 0.25) is 5.89 Å². The van der Waals surface area contributed by atoms with Crippen molar-refractivity contribution in [2.24, 2.45) is 0 Å². The van der Waals surface area contributed by atoms with Gasteiger partial charge in [0.1, 0.15) is 5.75 Å². The fourth-order valence-electron chi connectivity index (χ4n) is 4.28. The van der Waals surface area contributed by atoms with E-state index < -0.39 is 10.0 Å². The monoisotopic (exact) mass is 482 g/mol. The summed E-state index contributed by atoms with van der Waals surface area (Å²) in [4.78, 5) is 18.8. The van der Waals surface area contributed by atoms with Crippen LogP contribution in [0, 0.1) is 6.92 Å². The summed E-state index contributed by atoms with van der Waals surface area (Å²) in [5.41, 5.74) is 1.59. The number of hydrogen-bond donors (Lipinski definition) is 0. The van der Waals surface area contributed by atoms with Gasteiger partial charge >= 0.3 is 0 Å². The number of hydrogen-bond acceptors (Lipinski definition) is 7. The lowest BCUT2D eigenvalue weighted by molar-refractivity contribution is -0.121. The minimum atomic E-state index is -3.85. The van der Waals surface area contributed by atoms with Crippen molar-refractivity contribution in [1.29, 1.82) is 0 Å². The van der Waals surface area contributed by atoms with Gasteiger partial charge in [-0.3, -0.25) is 14.0 Å². The van der Waals surface area contributed by atoms with E-state index >= 15 is 0 Å². The number of para-hydroxylation sites is 1. The van der Waals surface area contributed by atoms with E-state index in [1.165, 1.54) is 15.3 Å². The van der Waals surface area contributed by atoms with Crippen molar-refractivity contribution in [2.75, 3.05) is 22.4 Å². The summed E-state index contributed by atoms with van der Waals surface area (Å²) in [6.45, 7) is 3.71. The van der Waals surface area contributed by atoms with Gasteiger partial charge in [-0.05, 0) is 50.5 Å². The first kappa shape index (κ1) is 22.4. The molecule has 1 aromatic heterocycles. The SMILES string of the molecule is CCN(c1ccccc1)S(=O)(=O)c1cc2c(cc1C)N(Cc1noc(C3CCC3)n1)C(=O)CO2. The lowest BCUT2D eigenvalue weighted by Gasteiger charge is -2.30. The maximum absolute atomic E-state index is 13.6. The van der Waals surface area contributed by atoms with E-state index in [9.17, 15) is 13.2 Å². The number of aromatic nitrogens is 2. The van der Waals surface area contributed by atoms with Crippen molar-refractivity contribution in [1.82, 2.24) is 10.1 Å². The molecular weight excluding hydrogens is 456 g/mol. The number of carbonyl (C=O) groups is 1. The standard InChI is InChI=1S/C24H26N4O5S/c1-3-28(18-10-5-4-6-11-18)34(30,31)21-13-20-19(12-16(21)2)27(23(29)15-32-20)14-22-25-24(33-26-22)17-8-7-9-17/h4-6,10-13,17H,3,7-9,14-15H2,1-2H3. The lowest BCUT2D eigenvalue weighted by Crippen LogP contribution is -2.39. The third-order valence-electron chi connectivity index (χ3n) is 6.34. The highest BCUT2D eigenvalue weighted by molar-refractivity contribution is 7.92. The Bertz CT molecular complexity index is 1320. The number of nitrogens with zero attached hydrogens (tertiary/aromatic N) is 4. The fourth-order valence-corrected chi connectivity index (χ4v) is 5.98. The smallest absolute Gasteiger partial charge is 0.265 e. The van der Waals surface area contributed by atoms with Crippen LogP contribution in [0.15, 0.2) is 51.9 Å². The highest BCUT2D eigenvalue weighted by atomic mass is 32.2. The van der Waals surface area contributed by atoms with Crippen LogP contribution < -0.4 is 13.9 Å². The van der Waals surface area contributed by atoms with Gasteiger partial charge in [-0.15, -0.1) is 0 Å². The highest BCUT2D eigenvalue weighted by Gasteiger charge is 2.33. The molecule has 0 unspecified atom stereocenters. The predicted octanol–water partition coefficient (Wildman–Crippen LogP) is 3.79. The van der Waals surface area contributed by atoms with Gasteiger partial charge < -0.3 is 9.26 Å². The van der Waals surface area contributed by atoms with Crippen LogP contribution in [0.25, 0.3) is 0 Å². The van der Waals surface area contributed by atoms with Gasteiger partial charge in [0.25, 0.3) is 15.9 Å². The molecule has 34 heavy (non-hydrogen) atoms. The first-order valence-corrected chi connectivity index (χ1v) is 12.8. The third kappa shape index (κ3) is 3.91. The van der Waals surface area contributed by atoms with Gasteiger partial charge in [0, 0.05) is 18.5 Å². The zero-order chi connectivity index (χ0) is 23.9. The van der Waals surface area contributed by atoms with E-state index in [4.69, 9.17) is 9.26 Å². The Labute approximate surface area is 198 Å². The molecule has 9 nitrogen and oxygen atoms in total. The molecule has 0 radical (unpaired) electrons. The number of benzene rings is 2. The molecular formula is C24H26N4O5S. The maximum atomic E-state index is 13.6. The van der Waals surface area contributed by atoms with E-state index in [-0.39, 0.29) is 30.5 Å². The molecule has 0 bridgehead atoms. The molecule has 1 aliphatic carbocycles. The number of amides is 1. The van der Waals surface area contributed by atoms with Crippen LogP contribution in [-0.4, -0.2) is 37.6 Å². The number of carbonyl (C=O) groups excluding carboxylic acids is 1. The third-order valence-corrected chi connectivity index (χ3v) is 8.38. The maximum Gasteiger partial charge on any atom is 0.265 e. The molecule has 0 spiro atoms. The Morgan fingerprint density at radius 1 is 1.18 bits per heavy atom. The molecule has 1 amide bonds. The molecule has 2 heterocycles. The molecule has 1 aliphatic heterocycles. The van der Waals surface area contributed by atoms with Crippen molar-refractivity contribution in [3.63, 3.8) is 0 Å². The summed E-state index contributed by atoms with van der Waals surface area (Å²) in [5.74, 6) is 1.40. The van der Waals surface area contributed by atoms with E-state index in [2.05, 4.69) is 10.1 Å². The van der Waals surface area contributed by atoms with Crippen LogP contribution >= 0.6 is 0 Å². The van der Waals surface area contributed by atoms with Crippen LogP contribution in [0.4, 0.5) is 11.4 Å². The summed E-state index contributed by atoms with van der Waals surface area (Å²) in [6, 6.07) is 12.1. The van der Waals surface area contributed by atoms with Crippen LogP contribution in [0.2, 0.25) is 0 Å². The van der Waals surface area contributed by atoms with Crippen molar-refractivity contribution in [3.8, 4) is 5.75 Å². The van der Waals surface area contributed by atoms with Gasteiger partial charge in [0.05, 0.1) is 22.8 Å². The summed E-state index contributed by atoms with van der Waals surface area (Å²) in [7, 11) is -3.85. The Hall–Kier alpha value is -3.40. The van der Waals surface area contributed by atoms with E-state index in [0.29, 0.717) is 40.3 Å². The van der Waals surface area contributed by atoms with E-state index in [0.717, 1.165) is 19.3 Å². The Balaban J connectivity index is 1.47. The highest BCUT2D eigenvalue weighted by Crippen LogP contribution is 2.39. The number of rotatable bonds is 7. The second-order valence-electron chi connectivity index (χ2n) is 8.54. The summed E-state index contributed by atoms with van der Waals surface area (Å²) >= 11 is 0. The molecule has 10 heteroatoms. The Morgan fingerprint density at radius 2 is 1.94 bits per heavy atom.